The molecule has 10 aromatic rings. The van der Waals surface area contributed by atoms with Gasteiger partial charge in [-0.25, -0.2) is 58.1 Å². The van der Waals surface area contributed by atoms with Crippen molar-refractivity contribution in [2.75, 3.05) is 52.2 Å². The van der Waals surface area contributed by atoms with Crippen LogP contribution in [0.25, 0.3) is 32.9 Å². The molecule has 4 aliphatic rings. The van der Waals surface area contributed by atoms with E-state index in [-0.39, 0.29) is 76.5 Å². The SMILES string of the molecule is CC(C)(C)OC(=O)C[C@@H](Cc1cc(F)cc(F)c1)c1nc(Br)ccc1Br.CC(C)(C)OC(=O)C[C@@H](Cc1cc(F)cc(F)c1)c1nc(C#CC2(O)COC2)ccc1Br.C[Si](C)(C)C#CC1(O)COC1.Cn1nc(CS(C)(=O)=O)c2cccc(-c3ccc(C#CC4(O)COC4)nc3[C@@H](CC(=O)OC(C)(C)C)Cc3cc(F)cc(F)c3)c21.Cn1nc(CS(C)(=O)=O)c2cccc(B3OC(C)(C)C(C)(C)O3)c21. The van der Waals surface area contributed by atoms with Crippen molar-refractivity contribution in [1.82, 2.24) is 34.5 Å². The molecule has 0 aliphatic carbocycles. The maximum absolute atomic E-state index is 14.3. The van der Waals surface area contributed by atoms with Crippen molar-refractivity contribution < 1.29 is 111 Å². The monoisotopic (exact) mass is 2170 g/mol. The summed E-state index contributed by atoms with van der Waals surface area (Å²) in [6.07, 6.45) is 2.61. The molecule has 0 amide bonds. The molecule has 0 radical (unpaired) electrons. The fourth-order valence-corrected chi connectivity index (χ4v) is 18.4. The van der Waals surface area contributed by atoms with Crippen LogP contribution in [0.2, 0.25) is 19.6 Å². The number of carbonyl (C=O) groups is 3. The van der Waals surface area contributed by atoms with Crippen LogP contribution >= 0.6 is 47.8 Å². The number of esters is 3. The number of aryl methyl sites for hydroxylation is 2. The minimum Gasteiger partial charge on any atom is -0.460 e. The zero-order valence-electron chi connectivity index (χ0n) is 81.1. The van der Waals surface area contributed by atoms with E-state index in [1.165, 1.54) is 42.7 Å². The molecule has 744 valence electrons. The molecule has 14 rings (SSSR count). The average molecular weight is 2170 g/mol. The van der Waals surface area contributed by atoms with Crippen molar-refractivity contribution in [1.29, 1.82) is 0 Å². The van der Waals surface area contributed by atoms with Crippen LogP contribution in [0, 0.1) is 70.0 Å². The molecule has 3 N–H and O–H groups in total. The van der Waals surface area contributed by atoms with E-state index in [4.69, 9.17) is 42.7 Å². The first kappa shape index (κ1) is 111. The molecule has 0 bridgehead atoms. The third-order valence-corrected chi connectivity index (χ3v) is 25.8. The van der Waals surface area contributed by atoms with Gasteiger partial charge < -0.3 is 53.0 Å². The number of halogens is 9. The lowest BCUT2D eigenvalue weighted by Gasteiger charge is -2.32. The Hall–Kier alpha value is -9.54. The summed E-state index contributed by atoms with van der Waals surface area (Å²) in [6.45, 7) is 31.5. The Labute approximate surface area is 834 Å². The maximum atomic E-state index is 14.3. The molecular weight excluding hydrogens is 2060 g/mol. The first-order valence-corrected chi connectivity index (χ1v) is 54.4. The number of carbonyl (C=O) groups excluding carboxylic acids is 3. The van der Waals surface area contributed by atoms with Crippen LogP contribution in [0.4, 0.5) is 26.3 Å². The van der Waals surface area contributed by atoms with Crippen LogP contribution in [0.3, 0.4) is 0 Å². The van der Waals surface area contributed by atoms with Gasteiger partial charge in [0.25, 0.3) is 0 Å². The number of hydrogen-bond acceptors (Lipinski definition) is 23. The largest absolute Gasteiger partial charge is 0.497 e. The lowest BCUT2D eigenvalue weighted by Crippen LogP contribution is -2.48. The van der Waals surface area contributed by atoms with Crippen LogP contribution in [0.5, 0.6) is 0 Å². The highest BCUT2D eigenvalue weighted by atomic mass is 79.9. The third kappa shape index (κ3) is 33.3. The first-order chi connectivity index (χ1) is 64.3. The number of para-hydroxylation sites is 2. The lowest BCUT2D eigenvalue weighted by molar-refractivity contribution is -0.156. The van der Waals surface area contributed by atoms with Gasteiger partial charge in [0, 0.05) is 98.9 Å². The Bertz CT molecular complexity index is 6600. The standard InChI is InChI=1S/C34H35F2N3O6S.C24H24BrF2NO4.C19H19Br2F2NO2.C16H23BN2O4S.C8H14O2Si/c1-33(2,3)45-30(40)16-22(13-21-14-23(35)17-24(36)15-21)31-26(10-9-25(37-31)11-12-34(41)19-44-20-34)27-7-6-8-28-29(18-46(5,42)43)38-39(4)32(27)28;1-23(2,3)32-21(29)11-16(8-15-9-17(26)12-18(27)10-15)22-20(25)5-4-19(28-22)6-7-24(30)13-31-14-24;1-19(2,3)26-17(25)9-12(18-15(20)4-5-16(21)24-18)6-11-7-13(22)10-14(23)8-11;1-15(2)16(3,4)23-17(22-15)12-9-7-8-11-13(10-24(6,20)21)18-19(5)14(11)12;1-11(2,3)5-4-8(9)6-10-7-8/h6-10,14-15,17,22,41H,13,16,18-20H2,1-5H3;4-5,9-10,12,16,30H,8,11,13-14H2,1-3H3;4-5,7-8,10,12H,6,9H2,1-3H3;7-9H,10H2,1-6H3;9H,6-7H2,1-3H3/t22-;16-;12-;;/m111../s1. The second kappa shape index (κ2) is 45.0. The smallest absolute Gasteiger partial charge is 0.460 e. The molecular formula is C101H115BBr3F6N7O18S2Si. The topological polar surface area (TPSA) is 328 Å². The molecule has 0 spiro atoms. The van der Waals surface area contributed by atoms with E-state index < -0.39 is 150 Å². The molecule has 139 heavy (non-hydrogen) atoms. The van der Waals surface area contributed by atoms with E-state index in [0.29, 0.717) is 105 Å². The highest BCUT2D eigenvalue weighted by Gasteiger charge is 2.53. The van der Waals surface area contributed by atoms with Gasteiger partial charge in [0.15, 0.2) is 36.5 Å². The van der Waals surface area contributed by atoms with Gasteiger partial charge in [0.2, 0.25) is 0 Å². The van der Waals surface area contributed by atoms with Gasteiger partial charge in [-0.05, 0) is 258 Å². The number of pyridine rings is 3. The number of benzene rings is 5. The van der Waals surface area contributed by atoms with E-state index in [2.05, 4.69) is 123 Å². The summed E-state index contributed by atoms with van der Waals surface area (Å²) in [7, 11) is -4.88. The van der Waals surface area contributed by atoms with Crippen molar-refractivity contribution in [3.8, 4) is 46.3 Å². The molecule has 5 aromatic heterocycles. The van der Waals surface area contributed by atoms with Gasteiger partial charge in [-0.3, -0.25) is 23.7 Å². The van der Waals surface area contributed by atoms with E-state index in [1.54, 1.807) is 127 Å². The highest BCUT2D eigenvalue weighted by Crippen LogP contribution is 2.42. The van der Waals surface area contributed by atoms with E-state index in [9.17, 15) is 72.9 Å². The quantitative estimate of drug-likeness (QED) is 0.0150. The summed E-state index contributed by atoms with van der Waals surface area (Å²) in [6, 6.07) is 31.3. The number of hydrogen-bond donors (Lipinski definition) is 3. The molecule has 0 unspecified atom stereocenters. The Morgan fingerprint density at radius 2 is 0.813 bits per heavy atom. The number of ether oxygens (including phenoxy) is 6. The van der Waals surface area contributed by atoms with Crippen LogP contribution in [-0.4, -0.2) is 197 Å². The average Bonchev–Trinajstić information content (AvgIpc) is 1.60. The zero-order valence-corrected chi connectivity index (χ0v) is 88.5. The molecule has 4 fully saturated rings. The maximum Gasteiger partial charge on any atom is 0.497 e. The predicted molar refractivity (Wildman–Crippen MR) is 531 cm³/mol. The van der Waals surface area contributed by atoms with Gasteiger partial charge in [-0.2, -0.15) is 10.2 Å². The Kier molecular flexibility index (Phi) is 36.0. The lowest BCUT2D eigenvalue weighted by atomic mass is 9.77. The van der Waals surface area contributed by atoms with Crippen LogP contribution in [0.15, 0.2) is 141 Å². The minimum atomic E-state index is -3.39. The first-order valence-electron chi connectivity index (χ1n) is 44.4. The van der Waals surface area contributed by atoms with E-state index >= 15 is 0 Å². The van der Waals surface area contributed by atoms with E-state index in [1.807, 2.05) is 59.0 Å². The van der Waals surface area contributed by atoms with Crippen molar-refractivity contribution in [2.45, 2.75) is 222 Å². The molecule has 5 aromatic carbocycles. The fraction of sp³-hybridized carbons (Fsp3) is 0.446. The van der Waals surface area contributed by atoms with Gasteiger partial charge in [-0.1, -0.05) is 73.8 Å². The number of aliphatic hydroxyl groups is 3. The van der Waals surface area contributed by atoms with E-state index in [0.717, 1.165) is 40.8 Å². The number of fused-ring (bicyclic) bond motifs is 2. The fourth-order valence-electron chi connectivity index (χ4n) is 14.9. The summed E-state index contributed by atoms with van der Waals surface area (Å²) < 4.78 is 180. The van der Waals surface area contributed by atoms with Crippen LogP contribution in [-0.2, 0) is 117 Å². The Balaban J connectivity index is 0.000000189. The zero-order chi connectivity index (χ0) is 103. The van der Waals surface area contributed by atoms with Crippen LogP contribution in [0.1, 0.15) is 184 Å². The predicted octanol–water partition coefficient (Wildman–Crippen LogP) is 16.9. The van der Waals surface area contributed by atoms with Crippen molar-refractivity contribution in [3.05, 3.63) is 232 Å². The van der Waals surface area contributed by atoms with Gasteiger partial charge in [0.05, 0.1) is 121 Å². The molecule has 3 atom stereocenters. The Morgan fingerprint density at radius 1 is 0.475 bits per heavy atom. The highest BCUT2D eigenvalue weighted by molar-refractivity contribution is 9.11. The van der Waals surface area contributed by atoms with Gasteiger partial charge in [0.1, 0.15) is 75.8 Å². The second-order valence-corrected chi connectivity index (χ2v) is 51.5. The number of rotatable bonds is 21. The molecule has 4 aliphatic heterocycles. The summed E-state index contributed by atoms with van der Waals surface area (Å²) in [5, 5.41) is 40.4. The number of sulfone groups is 2. The molecule has 4 saturated heterocycles. The van der Waals surface area contributed by atoms with Gasteiger partial charge >= 0.3 is 25.0 Å². The second-order valence-electron chi connectivity index (χ2n) is 40.0. The molecule has 9 heterocycles. The number of aromatic nitrogens is 7. The Morgan fingerprint density at radius 3 is 1.18 bits per heavy atom. The molecule has 38 heteroatoms. The molecule has 25 nitrogen and oxygen atoms in total. The minimum absolute atomic E-state index is 0.0310. The summed E-state index contributed by atoms with van der Waals surface area (Å²) in [5.74, 6) is 6.54. The normalized spacial score (nSPS) is 16.2. The number of nitrogens with zero attached hydrogens (tertiary/aromatic N) is 7. The van der Waals surface area contributed by atoms with Crippen LogP contribution < -0.4 is 5.46 Å². The molecule has 0 saturated carbocycles. The summed E-state index contributed by atoms with van der Waals surface area (Å²) in [4.78, 5) is 52.0. The summed E-state index contributed by atoms with van der Waals surface area (Å²) >= 11 is 10.2. The van der Waals surface area contributed by atoms with Crippen molar-refractivity contribution in [3.63, 3.8) is 0 Å². The van der Waals surface area contributed by atoms with Gasteiger partial charge in [-0.15, -0.1) is 5.54 Å². The summed E-state index contributed by atoms with van der Waals surface area (Å²) in [5.41, 5.74) is 4.74. The van der Waals surface area contributed by atoms with Crippen molar-refractivity contribution >= 4 is 128 Å². The third-order valence-electron chi connectivity index (χ3n) is 21.6. The van der Waals surface area contributed by atoms with Crippen molar-refractivity contribution in [2.24, 2.45) is 14.1 Å².